The largest absolute Gasteiger partial charge is 0.469 e. The minimum atomic E-state index is -0.296. The van der Waals surface area contributed by atoms with Gasteiger partial charge in [-0.05, 0) is 33.6 Å². The maximum Gasteiger partial charge on any atom is 0.310 e. The highest BCUT2D eigenvalue weighted by molar-refractivity contribution is 5.85. The van der Waals surface area contributed by atoms with Gasteiger partial charge in [-0.25, -0.2) is 0 Å². The minimum Gasteiger partial charge on any atom is -0.469 e. The van der Waals surface area contributed by atoms with Crippen LogP contribution < -0.4 is 5.32 Å². The molecule has 6 heteroatoms. The van der Waals surface area contributed by atoms with Crippen LogP contribution in [-0.4, -0.2) is 35.2 Å². The van der Waals surface area contributed by atoms with Crippen LogP contribution in [0.1, 0.15) is 61.9 Å². The molecular formula is C17H27N3O3. The van der Waals surface area contributed by atoms with E-state index in [0.29, 0.717) is 0 Å². The molecule has 1 saturated carbocycles. The zero-order chi connectivity index (χ0) is 17.0. The van der Waals surface area contributed by atoms with Crippen molar-refractivity contribution in [2.45, 2.75) is 64.8 Å². The third-order valence-corrected chi connectivity index (χ3v) is 4.86. The lowest BCUT2D eigenvalue weighted by molar-refractivity contribution is -0.147. The number of aryl methyl sites for hydroxylation is 2. The monoisotopic (exact) mass is 321 g/mol. The average molecular weight is 321 g/mol. The van der Waals surface area contributed by atoms with E-state index in [4.69, 9.17) is 4.74 Å². The number of hydrogen-bond donors (Lipinski definition) is 2. The molecule has 1 amide bonds. The van der Waals surface area contributed by atoms with Crippen LogP contribution in [0.15, 0.2) is 0 Å². The summed E-state index contributed by atoms with van der Waals surface area (Å²) in [6.07, 6.45) is 4.71. The van der Waals surface area contributed by atoms with Gasteiger partial charge >= 0.3 is 5.97 Å². The second kappa shape index (κ2) is 7.62. The van der Waals surface area contributed by atoms with Crippen LogP contribution in [-0.2, 0) is 14.3 Å². The lowest BCUT2D eigenvalue weighted by atomic mass is 9.92. The number of methoxy groups -OCH3 is 1. The summed E-state index contributed by atoms with van der Waals surface area (Å²) in [7, 11) is 1.41. The summed E-state index contributed by atoms with van der Waals surface area (Å²) < 4.78 is 4.92. The van der Waals surface area contributed by atoms with Crippen molar-refractivity contribution < 1.29 is 14.3 Å². The van der Waals surface area contributed by atoms with Crippen molar-refractivity contribution in [1.82, 2.24) is 15.5 Å². The number of amides is 1. The van der Waals surface area contributed by atoms with Crippen molar-refractivity contribution in [3.05, 3.63) is 17.0 Å². The molecule has 6 nitrogen and oxygen atoms in total. The fourth-order valence-corrected chi connectivity index (χ4v) is 3.55. The van der Waals surface area contributed by atoms with Crippen molar-refractivity contribution in [2.24, 2.45) is 5.92 Å². The van der Waals surface area contributed by atoms with Gasteiger partial charge in [-0.1, -0.05) is 19.3 Å². The van der Waals surface area contributed by atoms with Gasteiger partial charge < -0.3 is 10.1 Å². The highest BCUT2D eigenvalue weighted by atomic mass is 16.5. The molecule has 0 saturated heterocycles. The molecule has 1 heterocycles. The van der Waals surface area contributed by atoms with Gasteiger partial charge in [0, 0.05) is 17.3 Å². The number of H-pyrrole nitrogens is 1. The molecule has 3 unspecified atom stereocenters. The average Bonchev–Trinajstić information content (AvgIpc) is 2.74. The van der Waals surface area contributed by atoms with Gasteiger partial charge in [0.05, 0.1) is 24.6 Å². The molecule has 1 fully saturated rings. The number of rotatable bonds is 4. The fourth-order valence-electron chi connectivity index (χ4n) is 3.55. The molecule has 0 aromatic carbocycles. The van der Waals surface area contributed by atoms with Crippen molar-refractivity contribution in [2.75, 3.05) is 7.11 Å². The molecule has 3 atom stereocenters. The topological polar surface area (TPSA) is 84.1 Å². The number of hydrogen-bond acceptors (Lipinski definition) is 4. The van der Waals surface area contributed by atoms with Gasteiger partial charge in [-0.2, -0.15) is 5.10 Å². The summed E-state index contributed by atoms with van der Waals surface area (Å²) in [6.45, 7) is 5.69. The second-order valence-corrected chi connectivity index (χ2v) is 6.45. The van der Waals surface area contributed by atoms with Crippen LogP contribution in [0.5, 0.6) is 0 Å². The lowest BCUT2D eigenvalue weighted by Crippen LogP contribution is -2.44. The molecule has 1 aliphatic rings. The first-order valence-corrected chi connectivity index (χ1v) is 8.35. The molecular weight excluding hydrogens is 294 g/mol. The first-order valence-electron chi connectivity index (χ1n) is 8.35. The van der Waals surface area contributed by atoms with Crippen LogP contribution in [0, 0.1) is 19.8 Å². The Morgan fingerprint density at radius 3 is 2.57 bits per heavy atom. The Labute approximate surface area is 137 Å². The summed E-state index contributed by atoms with van der Waals surface area (Å²) in [6, 6.07) is -0.146. The van der Waals surface area contributed by atoms with E-state index < -0.39 is 0 Å². The molecule has 0 radical (unpaired) electrons. The van der Waals surface area contributed by atoms with Gasteiger partial charge in [-0.15, -0.1) is 0 Å². The van der Waals surface area contributed by atoms with Crippen LogP contribution in [0.2, 0.25) is 0 Å². The van der Waals surface area contributed by atoms with E-state index in [0.717, 1.165) is 49.1 Å². The number of nitrogens with one attached hydrogen (secondary N) is 2. The van der Waals surface area contributed by atoms with Gasteiger partial charge in [0.2, 0.25) is 5.91 Å². The molecule has 23 heavy (non-hydrogen) atoms. The Morgan fingerprint density at radius 1 is 1.26 bits per heavy atom. The van der Waals surface area contributed by atoms with Crippen LogP contribution >= 0.6 is 0 Å². The Morgan fingerprint density at radius 2 is 1.96 bits per heavy atom. The van der Waals surface area contributed by atoms with Crippen molar-refractivity contribution in [3.8, 4) is 0 Å². The third-order valence-electron chi connectivity index (χ3n) is 4.86. The molecule has 2 N–H and O–H groups in total. The molecule has 128 valence electrons. The van der Waals surface area contributed by atoms with E-state index in [1.165, 1.54) is 7.11 Å². The van der Waals surface area contributed by atoms with Crippen LogP contribution in [0.3, 0.4) is 0 Å². The quantitative estimate of drug-likeness (QED) is 0.658. The standard InChI is InChI=1S/C17H27N3O3/c1-10(15-11(2)19-20-12(15)3)16(21)18-14-9-7-5-6-8-13(14)17(22)23-4/h10,13-14H,5-9H2,1-4H3,(H,18,21)(H,19,20). The maximum atomic E-state index is 12.7. The zero-order valence-corrected chi connectivity index (χ0v) is 14.4. The van der Waals surface area contributed by atoms with Gasteiger partial charge in [0.25, 0.3) is 0 Å². The molecule has 1 aromatic heterocycles. The molecule has 0 spiro atoms. The smallest absolute Gasteiger partial charge is 0.310 e. The Hall–Kier alpha value is -1.85. The summed E-state index contributed by atoms with van der Waals surface area (Å²) in [5.74, 6) is -0.820. The highest BCUT2D eigenvalue weighted by Crippen LogP contribution is 2.27. The summed E-state index contributed by atoms with van der Waals surface area (Å²) in [5, 5.41) is 10.2. The Bertz CT molecular complexity index is 548. The zero-order valence-electron chi connectivity index (χ0n) is 14.4. The second-order valence-electron chi connectivity index (χ2n) is 6.45. The number of aromatic amines is 1. The highest BCUT2D eigenvalue weighted by Gasteiger charge is 2.33. The minimum absolute atomic E-state index is 0.0570. The maximum absolute atomic E-state index is 12.7. The van der Waals surface area contributed by atoms with E-state index in [-0.39, 0.29) is 29.8 Å². The molecule has 1 aromatic rings. The van der Waals surface area contributed by atoms with Gasteiger partial charge in [-0.3, -0.25) is 14.7 Å². The summed E-state index contributed by atoms with van der Waals surface area (Å²) in [4.78, 5) is 24.7. The van der Waals surface area contributed by atoms with Crippen LogP contribution in [0.4, 0.5) is 0 Å². The van der Waals surface area contributed by atoms with Crippen molar-refractivity contribution in [1.29, 1.82) is 0 Å². The predicted molar refractivity (Wildman–Crippen MR) is 87.0 cm³/mol. The van der Waals surface area contributed by atoms with Gasteiger partial charge in [0.15, 0.2) is 0 Å². The predicted octanol–water partition coefficient (Wildman–Crippen LogP) is 2.37. The number of ether oxygens (including phenoxy) is 1. The number of carbonyl (C=O) groups excluding carboxylic acids is 2. The Balaban J connectivity index is 2.11. The SMILES string of the molecule is COC(=O)C1CCCCCC1NC(=O)C(C)c1c(C)n[nH]c1C. The van der Waals surface area contributed by atoms with Crippen LogP contribution in [0.25, 0.3) is 0 Å². The normalized spacial score (nSPS) is 23.0. The lowest BCUT2D eigenvalue weighted by Gasteiger charge is -2.25. The molecule has 0 bridgehead atoms. The van der Waals surface area contributed by atoms with E-state index in [1.54, 1.807) is 0 Å². The number of esters is 1. The molecule has 2 rings (SSSR count). The first-order chi connectivity index (χ1) is 11.0. The van der Waals surface area contributed by atoms with E-state index in [2.05, 4.69) is 15.5 Å². The molecule has 0 aliphatic heterocycles. The summed E-state index contributed by atoms with van der Waals surface area (Å²) in [5.41, 5.74) is 2.69. The fraction of sp³-hybridized carbons (Fsp3) is 0.706. The van der Waals surface area contributed by atoms with E-state index in [9.17, 15) is 9.59 Å². The number of nitrogens with zero attached hydrogens (tertiary/aromatic N) is 1. The van der Waals surface area contributed by atoms with E-state index in [1.807, 2.05) is 20.8 Å². The van der Waals surface area contributed by atoms with E-state index >= 15 is 0 Å². The van der Waals surface area contributed by atoms with Crippen molar-refractivity contribution in [3.63, 3.8) is 0 Å². The summed E-state index contributed by atoms with van der Waals surface area (Å²) >= 11 is 0. The van der Waals surface area contributed by atoms with Gasteiger partial charge in [0.1, 0.15) is 0 Å². The first kappa shape index (κ1) is 17.5. The molecule has 1 aliphatic carbocycles. The Kier molecular flexibility index (Phi) is 5.80. The number of carbonyl (C=O) groups is 2. The van der Waals surface area contributed by atoms with Crippen molar-refractivity contribution >= 4 is 11.9 Å². The third kappa shape index (κ3) is 3.92. The number of aromatic nitrogens is 2.